The smallest absolute Gasteiger partial charge is 0.134 e. The van der Waals surface area contributed by atoms with Crippen LogP contribution in [0.25, 0.3) is 33.3 Å². The van der Waals surface area contributed by atoms with Gasteiger partial charge in [-0.2, -0.15) is 0 Å². The quantitative estimate of drug-likeness (QED) is 0.601. The molecule has 0 aliphatic heterocycles. The van der Waals surface area contributed by atoms with Crippen molar-refractivity contribution in [1.29, 1.82) is 0 Å². The summed E-state index contributed by atoms with van der Waals surface area (Å²) in [4.78, 5) is 13.0. The molecule has 0 spiro atoms. The number of pyridine rings is 1. The molecule has 0 saturated heterocycles. The number of fused-ring (bicyclic) bond motifs is 1. The summed E-state index contributed by atoms with van der Waals surface area (Å²) >= 11 is 0. The van der Waals surface area contributed by atoms with Crippen molar-refractivity contribution in [1.82, 2.24) is 15.0 Å². The molecule has 4 aromatic rings. The number of aryl methyl sites for hydroxylation is 1. The summed E-state index contributed by atoms with van der Waals surface area (Å²) in [5.41, 5.74) is 12.1. The molecule has 2 aromatic heterocycles. The minimum Gasteiger partial charge on any atom is -0.383 e. The molecule has 0 radical (unpaired) electrons. The minimum absolute atomic E-state index is 0.494. The van der Waals surface area contributed by atoms with E-state index in [9.17, 15) is 0 Å². The second-order valence-electron chi connectivity index (χ2n) is 5.70. The number of rotatable bonds is 2. The van der Waals surface area contributed by atoms with Crippen molar-refractivity contribution in [2.75, 3.05) is 5.73 Å². The lowest BCUT2D eigenvalue weighted by Crippen LogP contribution is -1.94. The predicted molar refractivity (Wildman–Crippen MR) is 97.4 cm³/mol. The Labute approximate surface area is 140 Å². The zero-order valence-corrected chi connectivity index (χ0v) is 13.3. The van der Waals surface area contributed by atoms with Crippen LogP contribution in [-0.4, -0.2) is 15.0 Å². The van der Waals surface area contributed by atoms with Crippen LogP contribution < -0.4 is 5.73 Å². The third kappa shape index (κ3) is 2.48. The molecule has 24 heavy (non-hydrogen) atoms. The summed E-state index contributed by atoms with van der Waals surface area (Å²) in [7, 11) is 0. The number of nitrogens with zero attached hydrogens (tertiary/aromatic N) is 3. The molecule has 2 N–H and O–H groups in total. The fourth-order valence-corrected chi connectivity index (χ4v) is 2.90. The van der Waals surface area contributed by atoms with Gasteiger partial charge >= 0.3 is 0 Å². The molecule has 4 nitrogen and oxygen atoms in total. The van der Waals surface area contributed by atoms with E-state index in [1.807, 2.05) is 49.4 Å². The van der Waals surface area contributed by atoms with E-state index < -0.39 is 0 Å². The number of nitrogens with two attached hydrogens (primary N) is 1. The molecule has 0 aliphatic carbocycles. The van der Waals surface area contributed by atoms with Crippen LogP contribution in [-0.2, 0) is 0 Å². The van der Waals surface area contributed by atoms with Crippen LogP contribution >= 0.6 is 0 Å². The molecule has 0 unspecified atom stereocenters. The Morgan fingerprint density at radius 2 is 1.67 bits per heavy atom. The summed E-state index contributed by atoms with van der Waals surface area (Å²) in [5, 5.41) is 0.863. The first-order valence-electron chi connectivity index (χ1n) is 7.76. The van der Waals surface area contributed by atoms with Gasteiger partial charge in [0.1, 0.15) is 12.1 Å². The first-order valence-corrected chi connectivity index (χ1v) is 7.76. The highest BCUT2D eigenvalue weighted by atomic mass is 14.9. The molecule has 2 heterocycles. The SMILES string of the molecule is Cc1cccc(-c2ccccc2-c2ccc3ncnc(N)c3c2)n1. The van der Waals surface area contributed by atoms with Crippen molar-refractivity contribution in [3.63, 3.8) is 0 Å². The van der Waals surface area contributed by atoms with Gasteiger partial charge in [0.25, 0.3) is 0 Å². The molecular formula is C20H16N4. The molecule has 2 aromatic carbocycles. The van der Waals surface area contributed by atoms with E-state index in [1.165, 1.54) is 6.33 Å². The summed E-state index contributed by atoms with van der Waals surface area (Å²) in [5.74, 6) is 0.494. The molecule has 116 valence electrons. The van der Waals surface area contributed by atoms with Crippen molar-refractivity contribution in [2.24, 2.45) is 0 Å². The zero-order chi connectivity index (χ0) is 16.5. The number of hydrogen-bond donors (Lipinski definition) is 1. The van der Waals surface area contributed by atoms with Crippen molar-refractivity contribution in [3.05, 3.63) is 72.7 Å². The highest BCUT2D eigenvalue weighted by Gasteiger charge is 2.10. The fourth-order valence-electron chi connectivity index (χ4n) is 2.90. The van der Waals surface area contributed by atoms with E-state index in [1.54, 1.807) is 0 Å². The molecule has 4 heteroatoms. The summed E-state index contributed by atoms with van der Waals surface area (Å²) in [6.45, 7) is 2.00. The molecular weight excluding hydrogens is 296 g/mol. The molecule has 0 bridgehead atoms. The van der Waals surface area contributed by atoms with E-state index >= 15 is 0 Å². The van der Waals surface area contributed by atoms with Gasteiger partial charge in [0.05, 0.1) is 11.2 Å². The zero-order valence-electron chi connectivity index (χ0n) is 13.3. The van der Waals surface area contributed by atoms with Gasteiger partial charge in [0.15, 0.2) is 0 Å². The molecule has 0 aliphatic rings. The van der Waals surface area contributed by atoms with Gasteiger partial charge in [-0.15, -0.1) is 0 Å². The van der Waals surface area contributed by atoms with Crippen LogP contribution in [0.5, 0.6) is 0 Å². The average molecular weight is 312 g/mol. The second-order valence-corrected chi connectivity index (χ2v) is 5.70. The third-order valence-corrected chi connectivity index (χ3v) is 4.07. The molecule has 4 rings (SSSR count). The van der Waals surface area contributed by atoms with Gasteiger partial charge in [0, 0.05) is 16.6 Å². The third-order valence-electron chi connectivity index (χ3n) is 4.07. The van der Waals surface area contributed by atoms with Crippen molar-refractivity contribution >= 4 is 16.7 Å². The molecule has 0 fully saturated rings. The monoisotopic (exact) mass is 312 g/mol. The van der Waals surface area contributed by atoms with Crippen LogP contribution in [0.3, 0.4) is 0 Å². The topological polar surface area (TPSA) is 64.7 Å². The number of nitrogen functional groups attached to an aromatic ring is 1. The largest absolute Gasteiger partial charge is 0.383 e. The van der Waals surface area contributed by atoms with Gasteiger partial charge in [-0.1, -0.05) is 36.4 Å². The summed E-state index contributed by atoms with van der Waals surface area (Å²) in [6, 6.07) is 20.4. The van der Waals surface area contributed by atoms with Crippen LogP contribution in [0, 0.1) is 6.92 Å². The van der Waals surface area contributed by atoms with Gasteiger partial charge in [-0.05, 0) is 42.3 Å². The summed E-state index contributed by atoms with van der Waals surface area (Å²) < 4.78 is 0. The number of hydrogen-bond acceptors (Lipinski definition) is 4. The number of benzene rings is 2. The van der Waals surface area contributed by atoms with Gasteiger partial charge in [-0.3, -0.25) is 4.98 Å². The number of anilines is 1. The maximum Gasteiger partial charge on any atom is 0.134 e. The lowest BCUT2D eigenvalue weighted by molar-refractivity contribution is 1.21. The fraction of sp³-hybridized carbons (Fsp3) is 0.0500. The maximum atomic E-state index is 6.01. The average Bonchev–Trinajstić information content (AvgIpc) is 2.62. The van der Waals surface area contributed by atoms with E-state index in [2.05, 4.69) is 33.2 Å². The maximum absolute atomic E-state index is 6.01. The van der Waals surface area contributed by atoms with E-state index in [0.29, 0.717) is 5.82 Å². The molecule has 0 atom stereocenters. The molecule has 0 saturated carbocycles. The minimum atomic E-state index is 0.494. The van der Waals surface area contributed by atoms with Gasteiger partial charge < -0.3 is 5.73 Å². The Hall–Kier alpha value is -3.27. The Morgan fingerprint density at radius 1 is 0.833 bits per heavy atom. The van der Waals surface area contributed by atoms with Gasteiger partial charge in [0.2, 0.25) is 0 Å². The predicted octanol–water partition coefficient (Wildman–Crippen LogP) is 4.25. The highest BCUT2D eigenvalue weighted by molar-refractivity contribution is 5.93. The highest BCUT2D eigenvalue weighted by Crippen LogP contribution is 2.33. The molecule has 0 amide bonds. The van der Waals surface area contributed by atoms with E-state index in [4.69, 9.17) is 5.73 Å². The Balaban J connectivity index is 1.93. The van der Waals surface area contributed by atoms with Gasteiger partial charge in [-0.25, -0.2) is 9.97 Å². The lowest BCUT2D eigenvalue weighted by atomic mass is 9.96. The van der Waals surface area contributed by atoms with Crippen LogP contribution in [0.1, 0.15) is 5.69 Å². The van der Waals surface area contributed by atoms with Crippen LogP contribution in [0.15, 0.2) is 67.0 Å². The Kier molecular flexibility index (Phi) is 3.43. The van der Waals surface area contributed by atoms with Crippen molar-refractivity contribution < 1.29 is 0 Å². The normalized spacial score (nSPS) is 10.9. The van der Waals surface area contributed by atoms with E-state index in [-0.39, 0.29) is 0 Å². The van der Waals surface area contributed by atoms with Crippen LogP contribution in [0.4, 0.5) is 5.82 Å². The lowest BCUT2D eigenvalue weighted by Gasteiger charge is -2.11. The first-order chi connectivity index (χ1) is 11.7. The van der Waals surface area contributed by atoms with E-state index in [0.717, 1.165) is 39.0 Å². The van der Waals surface area contributed by atoms with Crippen molar-refractivity contribution in [2.45, 2.75) is 6.92 Å². The Bertz CT molecular complexity index is 1040. The number of aromatic nitrogens is 3. The second kappa shape index (κ2) is 5.74. The van der Waals surface area contributed by atoms with Crippen LogP contribution in [0.2, 0.25) is 0 Å². The Morgan fingerprint density at radius 3 is 2.50 bits per heavy atom. The van der Waals surface area contributed by atoms with Crippen molar-refractivity contribution in [3.8, 4) is 22.4 Å². The summed E-state index contributed by atoms with van der Waals surface area (Å²) in [6.07, 6.45) is 1.49. The standard InChI is InChI=1S/C20H16N4/c1-13-5-4-8-19(24-13)16-7-3-2-6-15(16)14-9-10-18-17(11-14)20(21)23-12-22-18/h2-12H,1H3,(H2,21,22,23). The first kappa shape index (κ1) is 14.3.